The number of hydrogen-bond acceptors (Lipinski definition) is 2. The van der Waals surface area contributed by atoms with Crippen LogP contribution in [-0.2, 0) is 16.1 Å². The molecule has 0 saturated carbocycles. The van der Waals surface area contributed by atoms with Crippen LogP contribution < -0.4 is 0 Å². The first-order valence-electron chi connectivity index (χ1n) is 7.36. The maximum absolute atomic E-state index is 13.2. The number of nitrogens with zero attached hydrogens (tertiary/aromatic N) is 2. The van der Waals surface area contributed by atoms with Gasteiger partial charge >= 0.3 is 12.1 Å². The summed E-state index contributed by atoms with van der Waals surface area (Å²) < 4.78 is 41.1. The normalized spacial score (nSPS) is 21.4. The van der Waals surface area contributed by atoms with Gasteiger partial charge in [-0.15, -0.1) is 0 Å². The van der Waals surface area contributed by atoms with E-state index >= 15 is 0 Å². The van der Waals surface area contributed by atoms with Crippen LogP contribution in [0.15, 0.2) is 36.5 Å². The van der Waals surface area contributed by atoms with E-state index in [1.165, 1.54) is 0 Å². The molecule has 8 heteroatoms. The average Bonchev–Trinajstić information content (AvgIpc) is 3.12. The SMILES string of the molecule is O=C(Cn1ccc2ccccc21)N1CCC(C(=O)O)(C(F)(F)F)C1. The molecule has 24 heavy (non-hydrogen) atoms. The number of rotatable bonds is 3. The van der Waals surface area contributed by atoms with E-state index in [0.717, 1.165) is 15.8 Å². The number of amides is 1. The van der Waals surface area contributed by atoms with E-state index in [0.29, 0.717) is 0 Å². The van der Waals surface area contributed by atoms with Gasteiger partial charge in [-0.2, -0.15) is 13.2 Å². The third kappa shape index (κ3) is 2.51. The summed E-state index contributed by atoms with van der Waals surface area (Å²) in [6.45, 7) is -1.19. The largest absolute Gasteiger partial charge is 0.481 e. The number of carbonyl (C=O) groups is 2. The van der Waals surface area contributed by atoms with Crippen molar-refractivity contribution < 1.29 is 27.9 Å². The van der Waals surface area contributed by atoms with E-state index in [1.807, 2.05) is 24.3 Å². The van der Waals surface area contributed by atoms with Gasteiger partial charge in [-0.25, -0.2) is 0 Å². The van der Waals surface area contributed by atoms with Gasteiger partial charge in [0.15, 0.2) is 5.41 Å². The van der Waals surface area contributed by atoms with Gasteiger partial charge in [0.1, 0.15) is 6.54 Å². The van der Waals surface area contributed by atoms with E-state index in [2.05, 4.69) is 0 Å². The minimum atomic E-state index is -4.89. The molecular weight excluding hydrogens is 325 g/mol. The van der Waals surface area contributed by atoms with Crippen molar-refractivity contribution in [3.8, 4) is 0 Å². The number of para-hydroxylation sites is 1. The number of aliphatic carboxylic acids is 1. The molecule has 1 fully saturated rings. The number of fused-ring (bicyclic) bond motifs is 1. The number of halogens is 3. The maximum atomic E-state index is 13.2. The number of alkyl halides is 3. The predicted octanol–water partition coefficient (Wildman–Crippen LogP) is 2.51. The maximum Gasteiger partial charge on any atom is 0.406 e. The Hall–Kier alpha value is -2.51. The fourth-order valence-electron chi connectivity index (χ4n) is 3.07. The van der Waals surface area contributed by atoms with Crippen molar-refractivity contribution in [2.24, 2.45) is 5.41 Å². The third-order valence-corrected chi connectivity index (χ3v) is 4.56. The molecule has 2 heterocycles. The first-order chi connectivity index (χ1) is 11.2. The van der Waals surface area contributed by atoms with E-state index in [9.17, 15) is 22.8 Å². The van der Waals surface area contributed by atoms with Crippen LogP contribution in [0.2, 0.25) is 0 Å². The molecule has 1 saturated heterocycles. The first-order valence-corrected chi connectivity index (χ1v) is 7.36. The highest BCUT2D eigenvalue weighted by atomic mass is 19.4. The Balaban J connectivity index is 1.78. The summed E-state index contributed by atoms with van der Waals surface area (Å²) in [7, 11) is 0. The summed E-state index contributed by atoms with van der Waals surface area (Å²) >= 11 is 0. The molecule has 1 aliphatic heterocycles. The van der Waals surface area contributed by atoms with Gasteiger partial charge in [-0.3, -0.25) is 9.59 Å². The number of carboxylic acids is 1. The fraction of sp³-hybridized carbons (Fsp3) is 0.375. The molecule has 0 aliphatic carbocycles. The van der Waals surface area contributed by atoms with Crippen LogP contribution in [-0.4, -0.2) is 45.7 Å². The summed E-state index contributed by atoms with van der Waals surface area (Å²) in [6.07, 6.45) is -3.83. The van der Waals surface area contributed by atoms with Gasteiger partial charge in [-0.05, 0) is 23.9 Å². The Labute approximate surface area is 135 Å². The predicted molar refractivity (Wildman–Crippen MR) is 79.3 cm³/mol. The Morgan fingerprint density at radius 1 is 1.21 bits per heavy atom. The zero-order valence-electron chi connectivity index (χ0n) is 12.6. The molecule has 0 radical (unpaired) electrons. The van der Waals surface area contributed by atoms with Gasteiger partial charge < -0.3 is 14.6 Å². The molecule has 0 bridgehead atoms. The summed E-state index contributed by atoms with van der Waals surface area (Å²) in [4.78, 5) is 24.5. The van der Waals surface area contributed by atoms with Crippen molar-refractivity contribution >= 4 is 22.8 Å². The van der Waals surface area contributed by atoms with E-state index in [4.69, 9.17) is 5.11 Å². The monoisotopic (exact) mass is 340 g/mol. The van der Waals surface area contributed by atoms with Crippen molar-refractivity contribution in [1.29, 1.82) is 0 Å². The molecule has 2 aromatic rings. The molecule has 5 nitrogen and oxygen atoms in total. The van der Waals surface area contributed by atoms with Crippen LogP contribution in [0.3, 0.4) is 0 Å². The second-order valence-corrected chi connectivity index (χ2v) is 5.95. The summed E-state index contributed by atoms with van der Waals surface area (Å²) in [6, 6.07) is 9.14. The van der Waals surface area contributed by atoms with Crippen molar-refractivity contribution in [2.45, 2.75) is 19.1 Å². The van der Waals surface area contributed by atoms with Gasteiger partial charge in [0.2, 0.25) is 5.91 Å². The lowest BCUT2D eigenvalue weighted by molar-refractivity contribution is -0.227. The molecule has 1 aromatic heterocycles. The number of likely N-dealkylation sites (tertiary alicyclic amines) is 1. The lowest BCUT2D eigenvalue weighted by Gasteiger charge is -2.27. The number of aromatic nitrogens is 1. The highest BCUT2D eigenvalue weighted by Gasteiger charge is 2.64. The molecular formula is C16H15F3N2O3. The number of hydrogen-bond donors (Lipinski definition) is 1. The van der Waals surface area contributed by atoms with Crippen LogP contribution >= 0.6 is 0 Å². The molecule has 1 aromatic carbocycles. The Morgan fingerprint density at radius 2 is 1.92 bits per heavy atom. The Morgan fingerprint density at radius 3 is 2.54 bits per heavy atom. The second kappa shape index (κ2) is 5.54. The summed E-state index contributed by atoms with van der Waals surface area (Å²) in [5.41, 5.74) is -2.08. The van der Waals surface area contributed by atoms with Crippen LogP contribution in [0.25, 0.3) is 10.9 Å². The summed E-state index contributed by atoms with van der Waals surface area (Å²) in [5, 5.41) is 9.95. The van der Waals surface area contributed by atoms with Crippen LogP contribution in [0, 0.1) is 5.41 Å². The number of benzene rings is 1. The van der Waals surface area contributed by atoms with E-state index in [-0.39, 0.29) is 13.1 Å². The topological polar surface area (TPSA) is 62.5 Å². The minimum absolute atomic E-state index is 0.124. The average molecular weight is 340 g/mol. The van der Waals surface area contributed by atoms with Gasteiger partial charge in [-0.1, -0.05) is 18.2 Å². The first kappa shape index (κ1) is 16.4. The highest BCUT2D eigenvalue weighted by Crippen LogP contribution is 2.45. The van der Waals surface area contributed by atoms with Crippen molar-refractivity contribution in [2.75, 3.05) is 13.1 Å². The van der Waals surface area contributed by atoms with Crippen molar-refractivity contribution in [3.63, 3.8) is 0 Å². The molecule has 128 valence electrons. The summed E-state index contributed by atoms with van der Waals surface area (Å²) in [5.74, 6) is -2.46. The smallest absolute Gasteiger partial charge is 0.406 e. The minimum Gasteiger partial charge on any atom is -0.481 e. The lowest BCUT2D eigenvalue weighted by Crippen LogP contribution is -2.48. The molecule has 3 rings (SSSR count). The molecule has 1 unspecified atom stereocenters. The lowest BCUT2D eigenvalue weighted by atomic mass is 9.86. The third-order valence-electron chi connectivity index (χ3n) is 4.56. The quantitative estimate of drug-likeness (QED) is 0.934. The second-order valence-electron chi connectivity index (χ2n) is 5.95. The zero-order chi connectivity index (χ0) is 17.5. The molecule has 1 N–H and O–H groups in total. The van der Waals surface area contributed by atoms with E-state index in [1.54, 1.807) is 16.8 Å². The molecule has 1 amide bonds. The number of carbonyl (C=O) groups excluding carboxylic acids is 1. The van der Waals surface area contributed by atoms with E-state index < -0.39 is 36.4 Å². The molecule has 0 spiro atoms. The van der Waals surface area contributed by atoms with Crippen LogP contribution in [0.5, 0.6) is 0 Å². The highest BCUT2D eigenvalue weighted by molar-refractivity contribution is 5.84. The van der Waals surface area contributed by atoms with Gasteiger partial charge in [0.25, 0.3) is 0 Å². The van der Waals surface area contributed by atoms with Gasteiger partial charge in [0, 0.05) is 24.8 Å². The Bertz CT molecular complexity index is 799. The van der Waals surface area contributed by atoms with Crippen LogP contribution in [0.1, 0.15) is 6.42 Å². The Kier molecular flexibility index (Phi) is 3.77. The standard InChI is InChI=1S/C16H15F3N2O3/c17-16(18,19)15(14(23)24)6-8-21(10-15)13(22)9-20-7-5-11-3-1-2-4-12(11)20/h1-5,7H,6,8-10H2,(H,23,24). The molecule has 1 atom stereocenters. The van der Waals surface area contributed by atoms with Crippen molar-refractivity contribution in [3.05, 3.63) is 36.5 Å². The van der Waals surface area contributed by atoms with Gasteiger partial charge in [0.05, 0.1) is 0 Å². The number of carboxylic acid groups (broad SMARTS) is 1. The van der Waals surface area contributed by atoms with Crippen molar-refractivity contribution in [1.82, 2.24) is 9.47 Å². The fourth-order valence-corrected chi connectivity index (χ4v) is 3.07. The molecule has 1 aliphatic rings. The van der Waals surface area contributed by atoms with Crippen LogP contribution in [0.4, 0.5) is 13.2 Å². The zero-order valence-corrected chi connectivity index (χ0v) is 12.6.